The molecule has 47 heavy (non-hydrogen) atoms. The van der Waals surface area contributed by atoms with E-state index in [4.69, 9.17) is 25.7 Å². The van der Waals surface area contributed by atoms with Crippen LogP contribution in [0, 0.1) is 6.92 Å². The molecule has 0 bridgehead atoms. The number of nitrogens with zero attached hydrogens (tertiary/aromatic N) is 1. The van der Waals surface area contributed by atoms with Crippen molar-refractivity contribution in [3.05, 3.63) is 75.1 Å². The topological polar surface area (TPSA) is 251 Å². The van der Waals surface area contributed by atoms with Crippen LogP contribution < -0.4 is 31.6 Å². The van der Waals surface area contributed by atoms with E-state index in [-0.39, 0.29) is 59.1 Å². The maximum absolute atomic E-state index is 14.1. The van der Waals surface area contributed by atoms with Crippen molar-refractivity contribution in [1.82, 2.24) is 10.6 Å². The van der Waals surface area contributed by atoms with Crippen molar-refractivity contribution in [2.24, 2.45) is 16.5 Å². The molecule has 252 valence electrons. The van der Waals surface area contributed by atoms with Crippen LogP contribution in [0.3, 0.4) is 0 Å². The number of fused-ring (bicyclic) bond motifs is 2. The third-order valence-electron chi connectivity index (χ3n) is 8.78. The van der Waals surface area contributed by atoms with Crippen LogP contribution in [0.15, 0.2) is 46.7 Å². The highest BCUT2D eigenvalue weighted by Gasteiger charge is 2.55. The van der Waals surface area contributed by atoms with E-state index in [0.29, 0.717) is 23.5 Å². The van der Waals surface area contributed by atoms with Crippen molar-refractivity contribution in [2.75, 3.05) is 27.3 Å². The van der Waals surface area contributed by atoms with Crippen LogP contribution >= 0.6 is 0 Å². The number of aliphatic hydroxyl groups excluding tert-OH is 3. The average Bonchev–Trinajstić information content (AvgIpc) is 3.05. The first-order valence-corrected chi connectivity index (χ1v) is 14.9. The summed E-state index contributed by atoms with van der Waals surface area (Å²) < 4.78 is 17.1. The van der Waals surface area contributed by atoms with Gasteiger partial charge in [-0.05, 0) is 49.1 Å². The van der Waals surface area contributed by atoms with E-state index in [1.165, 1.54) is 32.4 Å². The lowest BCUT2D eigenvalue weighted by Gasteiger charge is -2.48. The van der Waals surface area contributed by atoms with Gasteiger partial charge in [-0.15, -0.1) is 0 Å². The molecular formula is C32H39N5O10. The number of phenols is 1. The lowest BCUT2D eigenvalue weighted by atomic mass is 9.79. The highest BCUT2D eigenvalue weighted by atomic mass is 16.7. The third-order valence-corrected chi connectivity index (χ3v) is 8.78. The molecule has 5 rings (SSSR count). The van der Waals surface area contributed by atoms with Gasteiger partial charge in [0.05, 0.1) is 30.7 Å². The van der Waals surface area contributed by atoms with Crippen molar-refractivity contribution >= 4 is 17.5 Å². The Kier molecular flexibility index (Phi) is 9.47. The zero-order chi connectivity index (χ0) is 34.2. The predicted octanol–water partition coefficient (Wildman–Crippen LogP) is -0.822. The predicted molar refractivity (Wildman–Crippen MR) is 168 cm³/mol. The fraction of sp³-hybridized carbons (Fsp3) is 0.406. The Morgan fingerprint density at radius 1 is 1.19 bits per heavy atom. The number of hydrogen-bond donors (Lipinski definition) is 9. The molecule has 2 aromatic carbocycles. The minimum atomic E-state index is -2.10. The number of ketones is 2. The standard InChI is InChI=1S/C32H39N5O10/c1-14-8-17-24(26(40)19(14)12-37-31(34)35-2)27(41)23-18(25(17)39)10-16(45-3)11-20(23)46-30-28(42)29(43)32(44,21(13-38)47-30)6-4-15-5-7-36-22(33)9-15/h5,8-11,21,28-30,36,38,40,42-44H,4,6-7,12-13,33H2,1-3H3,(H3,34,35,37). The number of aliphatic hydroxyl groups is 4. The molecule has 15 heteroatoms. The number of rotatable bonds is 9. The maximum atomic E-state index is 14.1. The van der Waals surface area contributed by atoms with Crippen LogP contribution in [0.2, 0.25) is 0 Å². The molecule has 15 nitrogen and oxygen atoms in total. The van der Waals surface area contributed by atoms with Gasteiger partial charge >= 0.3 is 0 Å². The summed E-state index contributed by atoms with van der Waals surface area (Å²) >= 11 is 0. The molecule has 2 aliphatic heterocycles. The van der Waals surface area contributed by atoms with Crippen LogP contribution in [0.4, 0.5) is 0 Å². The van der Waals surface area contributed by atoms with E-state index in [9.17, 15) is 35.1 Å². The number of aliphatic imine (C=N–C) groups is 1. The fourth-order valence-corrected chi connectivity index (χ4v) is 6.07. The fourth-order valence-electron chi connectivity index (χ4n) is 6.07. The van der Waals surface area contributed by atoms with Gasteiger partial charge in [0.25, 0.3) is 0 Å². The van der Waals surface area contributed by atoms with Crippen LogP contribution in [-0.2, 0) is 11.3 Å². The quantitative estimate of drug-likeness (QED) is 0.101. The molecule has 1 aliphatic carbocycles. The number of nitrogens with two attached hydrogens (primary N) is 2. The molecule has 1 fully saturated rings. The van der Waals surface area contributed by atoms with Crippen molar-refractivity contribution < 1.29 is 49.3 Å². The zero-order valence-corrected chi connectivity index (χ0v) is 26.1. The number of methoxy groups -OCH3 is 1. The van der Waals surface area contributed by atoms with Gasteiger partial charge in [-0.2, -0.15) is 0 Å². The molecule has 0 aromatic heterocycles. The number of carbonyl (C=O) groups is 2. The maximum Gasteiger partial charge on any atom is 0.229 e. The van der Waals surface area contributed by atoms with Crippen LogP contribution in [0.1, 0.15) is 55.8 Å². The number of guanidine groups is 1. The summed E-state index contributed by atoms with van der Waals surface area (Å²) in [6.45, 7) is 1.41. The van der Waals surface area contributed by atoms with Crippen LogP contribution in [-0.4, -0.2) is 101 Å². The van der Waals surface area contributed by atoms with E-state index in [1.807, 2.05) is 6.08 Å². The van der Waals surface area contributed by atoms with E-state index < -0.39 is 54.1 Å². The Balaban J connectivity index is 1.48. The molecule has 0 spiro atoms. The van der Waals surface area contributed by atoms with Gasteiger partial charge in [-0.1, -0.05) is 6.08 Å². The Hall–Kier alpha value is -4.67. The lowest BCUT2D eigenvalue weighted by molar-refractivity contribution is -0.314. The number of carbonyl (C=O) groups excluding carboxylic acids is 2. The Bertz CT molecular complexity index is 1680. The van der Waals surface area contributed by atoms with Crippen LogP contribution in [0.5, 0.6) is 17.2 Å². The number of nitrogens with one attached hydrogen (secondary N) is 2. The van der Waals surface area contributed by atoms with Crippen LogP contribution in [0.25, 0.3) is 0 Å². The molecule has 1 saturated heterocycles. The molecule has 0 saturated carbocycles. The summed E-state index contributed by atoms with van der Waals surface area (Å²) in [4.78, 5) is 31.7. The van der Waals surface area contributed by atoms with Crippen molar-refractivity contribution in [3.8, 4) is 17.2 Å². The number of dihydropyridines is 1. The monoisotopic (exact) mass is 653 g/mol. The number of aromatic hydroxyl groups is 1. The summed E-state index contributed by atoms with van der Waals surface area (Å²) in [7, 11) is 2.82. The number of ether oxygens (including phenoxy) is 3. The average molecular weight is 654 g/mol. The summed E-state index contributed by atoms with van der Waals surface area (Å²) in [5, 5.41) is 60.9. The van der Waals surface area contributed by atoms with E-state index in [2.05, 4.69) is 15.6 Å². The zero-order valence-electron chi connectivity index (χ0n) is 26.1. The lowest BCUT2D eigenvalue weighted by Crippen LogP contribution is -2.67. The van der Waals surface area contributed by atoms with E-state index in [1.54, 1.807) is 13.0 Å². The highest BCUT2D eigenvalue weighted by molar-refractivity contribution is 6.30. The van der Waals surface area contributed by atoms with Crippen molar-refractivity contribution in [2.45, 2.75) is 56.5 Å². The molecule has 11 N–H and O–H groups in total. The number of phenolic OH excluding ortho intramolecular Hbond substituents is 1. The van der Waals surface area contributed by atoms with Gasteiger partial charge in [0, 0.05) is 42.9 Å². The Morgan fingerprint density at radius 2 is 1.91 bits per heavy atom. The van der Waals surface area contributed by atoms with Crippen molar-refractivity contribution in [1.29, 1.82) is 0 Å². The molecule has 2 aromatic rings. The molecule has 3 aliphatic rings. The second kappa shape index (κ2) is 13.2. The highest BCUT2D eigenvalue weighted by Crippen LogP contribution is 2.43. The van der Waals surface area contributed by atoms with Gasteiger partial charge in [0.1, 0.15) is 41.2 Å². The smallest absolute Gasteiger partial charge is 0.229 e. The first-order valence-electron chi connectivity index (χ1n) is 14.9. The van der Waals surface area contributed by atoms with Gasteiger partial charge in [0.15, 0.2) is 11.7 Å². The number of hydrogen-bond acceptors (Lipinski definition) is 13. The van der Waals surface area contributed by atoms with Gasteiger partial charge in [-0.25, -0.2) is 0 Å². The molecule has 0 amide bonds. The Morgan fingerprint density at radius 3 is 2.57 bits per heavy atom. The SMILES string of the molecule is CN=C(N)NCc1c(C)cc2c(c1O)C(=O)c1c(OC3OC(CO)C(O)(CCC4=CCNC(N)=C4)C(O)C3O)cc(OC)cc1C2=O. The minimum absolute atomic E-state index is 0.0116. The Labute approximate surface area is 270 Å². The number of allylic oxidation sites excluding steroid dienone is 2. The first kappa shape index (κ1) is 33.7. The summed E-state index contributed by atoms with van der Waals surface area (Å²) in [6.07, 6.45) is -3.20. The van der Waals surface area contributed by atoms with Crippen molar-refractivity contribution in [3.63, 3.8) is 0 Å². The number of benzene rings is 2. The second-order valence-electron chi connectivity index (χ2n) is 11.6. The van der Waals surface area contributed by atoms with E-state index >= 15 is 0 Å². The second-order valence-corrected chi connectivity index (χ2v) is 11.6. The van der Waals surface area contributed by atoms with Gasteiger partial charge < -0.3 is 61.8 Å². The molecular weight excluding hydrogens is 614 g/mol. The minimum Gasteiger partial charge on any atom is -0.507 e. The third kappa shape index (κ3) is 6.11. The first-order chi connectivity index (χ1) is 22.3. The normalized spacial score (nSPS) is 25.6. The molecule has 2 heterocycles. The summed E-state index contributed by atoms with van der Waals surface area (Å²) in [5.41, 5.74) is 10.4. The summed E-state index contributed by atoms with van der Waals surface area (Å²) in [5.74, 6) is -1.38. The molecule has 5 unspecified atom stereocenters. The van der Waals surface area contributed by atoms with Gasteiger partial charge in [-0.3, -0.25) is 14.6 Å². The van der Waals surface area contributed by atoms with Gasteiger partial charge in [0.2, 0.25) is 12.1 Å². The molecule has 5 atom stereocenters. The van der Waals surface area contributed by atoms with E-state index in [0.717, 1.165) is 5.57 Å². The largest absolute Gasteiger partial charge is 0.507 e. The molecule has 0 radical (unpaired) electrons. The summed E-state index contributed by atoms with van der Waals surface area (Å²) in [6, 6.07) is 4.14. The number of aryl methyl sites for hydroxylation is 1.